The smallest absolute Gasteiger partial charge is 0.274 e. The van der Waals surface area contributed by atoms with Gasteiger partial charge in [-0.1, -0.05) is 18.2 Å². The highest BCUT2D eigenvalue weighted by molar-refractivity contribution is 6.04. The number of nitriles is 1. The molecule has 6 heteroatoms. The van der Waals surface area contributed by atoms with E-state index in [4.69, 9.17) is 5.26 Å². The Bertz CT molecular complexity index is 792. The third-order valence-corrected chi connectivity index (χ3v) is 3.55. The molecule has 0 unspecified atom stereocenters. The maximum Gasteiger partial charge on any atom is 0.274 e. The van der Waals surface area contributed by atoms with Gasteiger partial charge in [-0.05, 0) is 38.1 Å². The van der Waals surface area contributed by atoms with Gasteiger partial charge in [0.2, 0.25) is 0 Å². The van der Waals surface area contributed by atoms with E-state index in [1.807, 2.05) is 19.9 Å². The molecular formula is C18H18N4O2. The third-order valence-electron chi connectivity index (χ3n) is 3.55. The van der Waals surface area contributed by atoms with Gasteiger partial charge in [-0.3, -0.25) is 9.59 Å². The molecule has 1 aromatic carbocycles. The van der Waals surface area contributed by atoms with Crippen LogP contribution in [0.25, 0.3) is 0 Å². The van der Waals surface area contributed by atoms with Crippen LogP contribution in [0.5, 0.6) is 0 Å². The fourth-order valence-electron chi connectivity index (χ4n) is 2.23. The van der Waals surface area contributed by atoms with Gasteiger partial charge in [-0.25, -0.2) is 4.98 Å². The van der Waals surface area contributed by atoms with Crippen LogP contribution in [0.15, 0.2) is 42.5 Å². The minimum Gasteiger partial charge on any atom is -0.338 e. The van der Waals surface area contributed by atoms with Crippen molar-refractivity contribution in [3.63, 3.8) is 0 Å². The molecule has 0 aliphatic heterocycles. The lowest BCUT2D eigenvalue weighted by Gasteiger charge is -2.18. The van der Waals surface area contributed by atoms with E-state index in [1.54, 1.807) is 41.3 Å². The lowest BCUT2D eigenvalue weighted by Crippen LogP contribution is -2.31. The zero-order valence-electron chi connectivity index (χ0n) is 13.6. The van der Waals surface area contributed by atoms with Crippen molar-refractivity contribution in [2.45, 2.75) is 13.8 Å². The summed E-state index contributed by atoms with van der Waals surface area (Å²) < 4.78 is 0. The molecule has 2 aromatic rings. The summed E-state index contributed by atoms with van der Waals surface area (Å²) in [6, 6.07) is 13.5. The van der Waals surface area contributed by atoms with Gasteiger partial charge in [0.05, 0.1) is 11.3 Å². The van der Waals surface area contributed by atoms with Crippen LogP contribution in [0, 0.1) is 11.3 Å². The van der Waals surface area contributed by atoms with Crippen molar-refractivity contribution in [1.29, 1.82) is 5.26 Å². The SMILES string of the molecule is CCN(CC)C(=O)c1cccc(C(=O)Nc2ccccc2C#N)n1. The molecule has 24 heavy (non-hydrogen) atoms. The quantitative estimate of drug-likeness (QED) is 0.917. The Morgan fingerprint density at radius 3 is 2.42 bits per heavy atom. The maximum absolute atomic E-state index is 12.4. The van der Waals surface area contributed by atoms with Crippen molar-refractivity contribution in [2.24, 2.45) is 0 Å². The highest BCUT2D eigenvalue weighted by Crippen LogP contribution is 2.15. The topological polar surface area (TPSA) is 86.1 Å². The molecule has 0 radical (unpaired) electrons. The number of nitrogens with one attached hydrogen (secondary N) is 1. The Morgan fingerprint density at radius 1 is 1.08 bits per heavy atom. The molecule has 1 aromatic heterocycles. The fourth-order valence-corrected chi connectivity index (χ4v) is 2.23. The molecule has 2 amide bonds. The number of nitrogens with zero attached hydrogens (tertiary/aromatic N) is 3. The van der Waals surface area contributed by atoms with E-state index in [0.29, 0.717) is 24.3 Å². The first-order valence-corrected chi connectivity index (χ1v) is 7.67. The van der Waals surface area contributed by atoms with Crippen LogP contribution in [-0.4, -0.2) is 34.8 Å². The minimum absolute atomic E-state index is 0.126. The number of pyridine rings is 1. The third kappa shape index (κ3) is 3.76. The molecule has 0 bridgehead atoms. The number of benzene rings is 1. The number of hydrogen-bond donors (Lipinski definition) is 1. The zero-order valence-corrected chi connectivity index (χ0v) is 13.6. The molecular weight excluding hydrogens is 304 g/mol. The molecule has 0 aliphatic rings. The lowest BCUT2D eigenvalue weighted by molar-refractivity contribution is 0.0767. The van der Waals surface area contributed by atoms with Gasteiger partial charge < -0.3 is 10.2 Å². The van der Waals surface area contributed by atoms with Gasteiger partial charge in [-0.2, -0.15) is 5.26 Å². The van der Waals surface area contributed by atoms with Crippen molar-refractivity contribution in [3.05, 3.63) is 59.4 Å². The summed E-state index contributed by atoms with van der Waals surface area (Å²) in [5.74, 6) is -0.682. The first-order valence-electron chi connectivity index (χ1n) is 7.67. The van der Waals surface area contributed by atoms with E-state index in [9.17, 15) is 9.59 Å². The predicted molar refractivity (Wildman–Crippen MR) is 90.6 cm³/mol. The Labute approximate surface area is 140 Å². The average molecular weight is 322 g/mol. The Hall–Kier alpha value is -3.20. The van der Waals surface area contributed by atoms with Crippen molar-refractivity contribution < 1.29 is 9.59 Å². The van der Waals surface area contributed by atoms with Gasteiger partial charge >= 0.3 is 0 Å². The molecule has 0 saturated carbocycles. The van der Waals surface area contributed by atoms with E-state index >= 15 is 0 Å². The first kappa shape index (κ1) is 17.2. The molecule has 1 N–H and O–H groups in total. The number of aromatic nitrogens is 1. The van der Waals surface area contributed by atoms with E-state index in [1.165, 1.54) is 6.07 Å². The van der Waals surface area contributed by atoms with Crippen molar-refractivity contribution in [3.8, 4) is 6.07 Å². The van der Waals surface area contributed by atoms with Crippen LogP contribution in [0.1, 0.15) is 40.4 Å². The second-order valence-electron chi connectivity index (χ2n) is 5.00. The summed E-state index contributed by atoms with van der Waals surface area (Å²) in [4.78, 5) is 30.5. The largest absolute Gasteiger partial charge is 0.338 e. The summed E-state index contributed by atoms with van der Waals surface area (Å²) in [6.07, 6.45) is 0. The number of amides is 2. The second kappa shape index (κ2) is 7.88. The highest BCUT2D eigenvalue weighted by atomic mass is 16.2. The standard InChI is InChI=1S/C18H18N4O2/c1-3-22(4-2)18(24)16-11-7-10-15(20-16)17(23)21-14-9-6-5-8-13(14)12-19/h5-11H,3-4H2,1-2H3,(H,21,23). The minimum atomic E-state index is -0.466. The number of rotatable bonds is 5. The monoisotopic (exact) mass is 322 g/mol. The van der Waals surface area contributed by atoms with Gasteiger partial charge in [0, 0.05) is 13.1 Å². The van der Waals surface area contributed by atoms with E-state index < -0.39 is 5.91 Å². The Morgan fingerprint density at radius 2 is 1.75 bits per heavy atom. The summed E-state index contributed by atoms with van der Waals surface area (Å²) in [6.45, 7) is 4.92. The molecule has 2 rings (SSSR count). The molecule has 0 fully saturated rings. The molecule has 0 spiro atoms. The van der Waals surface area contributed by atoms with E-state index in [2.05, 4.69) is 10.3 Å². The summed E-state index contributed by atoms with van der Waals surface area (Å²) >= 11 is 0. The fraction of sp³-hybridized carbons (Fsp3) is 0.222. The summed E-state index contributed by atoms with van der Waals surface area (Å²) in [5, 5.41) is 11.7. The molecule has 0 saturated heterocycles. The number of anilines is 1. The van der Waals surface area contributed by atoms with Crippen molar-refractivity contribution in [2.75, 3.05) is 18.4 Å². The lowest BCUT2D eigenvalue weighted by atomic mass is 10.2. The van der Waals surface area contributed by atoms with Crippen LogP contribution in [-0.2, 0) is 0 Å². The number of hydrogen-bond acceptors (Lipinski definition) is 4. The normalized spacial score (nSPS) is 9.88. The van der Waals surface area contributed by atoms with Crippen molar-refractivity contribution >= 4 is 17.5 Å². The molecule has 0 atom stereocenters. The first-order chi connectivity index (χ1) is 11.6. The summed E-state index contributed by atoms with van der Waals surface area (Å²) in [7, 11) is 0. The Kier molecular flexibility index (Phi) is 5.63. The zero-order chi connectivity index (χ0) is 17.5. The van der Waals surface area contributed by atoms with Gasteiger partial charge in [-0.15, -0.1) is 0 Å². The van der Waals surface area contributed by atoms with Crippen LogP contribution < -0.4 is 5.32 Å². The van der Waals surface area contributed by atoms with Crippen molar-refractivity contribution in [1.82, 2.24) is 9.88 Å². The molecule has 6 nitrogen and oxygen atoms in total. The van der Waals surface area contributed by atoms with Crippen LogP contribution >= 0.6 is 0 Å². The average Bonchev–Trinajstić information content (AvgIpc) is 2.63. The van der Waals surface area contributed by atoms with Crippen LogP contribution in [0.2, 0.25) is 0 Å². The van der Waals surface area contributed by atoms with Crippen LogP contribution in [0.3, 0.4) is 0 Å². The maximum atomic E-state index is 12.4. The Balaban J connectivity index is 2.24. The molecule has 0 aliphatic carbocycles. The number of carbonyl (C=O) groups excluding carboxylic acids is 2. The predicted octanol–water partition coefficient (Wildman–Crippen LogP) is 2.69. The molecule has 1 heterocycles. The summed E-state index contributed by atoms with van der Waals surface area (Å²) in [5.41, 5.74) is 1.12. The number of para-hydroxylation sites is 1. The van der Waals surface area contributed by atoms with Gasteiger partial charge in [0.15, 0.2) is 0 Å². The molecule has 122 valence electrons. The number of carbonyl (C=O) groups is 2. The van der Waals surface area contributed by atoms with Gasteiger partial charge in [0.25, 0.3) is 11.8 Å². The van der Waals surface area contributed by atoms with E-state index in [-0.39, 0.29) is 17.3 Å². The highest BCUT2D eigenvalue weighted by Gasteiger charge is 2.17. The van der Waals surface area contributed by atoms with E-state index in [0.717, 1.165) is 0 Å². The van der Waals surface area contributed by atoms with Gasteiger partial charge in [0.1, 0.15) is 17.5 Å². The van der Waals surface area contributed by atoms with Crippen LogP contribution in [0.4, 0.5) is 5.69 Å². The second-order valence-corrected chi connectivity index (χ2v) is 5.00.